The van der Waals surface area contributed by atoms with E-state index in [2.05, 4.69) is 24.0 Å². The molecule has 4 nitrogen and oxygen atoms in total. The van der Waals surface area contributed by atoms with Crippen LogP contribution in [0.5, 0.6) is 11.5 Å². The van der Waals surface area contributed by atoms with Crippen LogP contribution >= 0.6 is 24.8 Å². The number of nitrogens with two attached hydrogens (primary N) is 1. The van der Waals surface area contributed by atoms with Crippen LogP contribution in [0, 0.1) is 0 Å². The quantitative estimate of drug-likeness (QED) is 0.529. The van der Waals surface area contributed by atoms with E-state index in [1.165, 1.54) is 56.3 Å². The van der Waals surface area contributed by atoms with Gasteiger partial charge in [0.2, 0.25) is 0 Å². The Morgan fingerprint density at radius 1 is 1.04 bits per heavy atom. The van der Waals surface area contributed by atoms with Crippen molar-refractivity contribution in [1.29, 1.82) is 0 Å². The molecule has 0 fully saturated rings. The van der Waals surface area contributed by atoms with Crippen LogP contribution in [0.15, 0.2) is 12.1 Å². The number of unbranched alkanes of at least 4 members (excludes halogenated alkanes) is 3. The summed E-state index contributed by atoms with van der Waals surface area (Å²) in [5.41, 5.74) is 8.37. The molecule has 0 heterocycles. The number of halogens is 2. The largest absolute Gasteiger partial charge is 0.493 e. The van der Waals surface area contributed by atoms with Crippen LogP contribution < -0.4 is 15.2 Å². The number of fused-ring (bicyclic) bond motifs is 1. The highest BCUT2D eigenvalue weighted by Crippen LogP contribution is 2.38. The van der Waals surface area contributed by atoms with Gasteiger partial charge in [-0.1, -0.05) is 25.8 Å². The molecule has 1 aliphatic rings. The lowest BCUT2D eigenvalue weighted by Crippen LogP contribution is -2.40. The van der Waals surface area contributed by atoms with Crippen LogP contribution in [0.3, 0.4) is 0 Å². The predicted molar refractivity (Wildman–Crippen MR) is 119 cm³/mol. The van der Waals surface area contributed by atoms with Crippen LogP contribution in [0.4, 0.5) is 0 Å². The Bertz CT molecular complexity index is 529. The first-order chi connectivity index (χ1) is 12.2. The molecule has 27 heavy (non-hydrogen) atoms. The maximum absolute atomic E-state index is 5.63. The average Bonchev–Trinajstić information content (AvgIpc) is 2.65. The van der Waals surface area contributed by atoms with E-state index >= 15 is 0 Å². The summed E-state index contributed by atoms with van der Waals surface area (Å²) in [5, 5.41) is 0. The van der Waals surface area contributed by atoms with Gasteiger partial charge >= 0.3 is 0 Å². The van der Waals surface area contributed by atoms with E-state index in [0.29, 0.717) is 6.04 Å². The molecule has 158 valence electrons. The molecule has 0 aliphatic heterocycles. The number of methoxy groups -OCH3 is 2. The van der Waals surface area contributed by atoms with Crippen LogP contribution in [0.25, 0.3) is 0 Å². The van der Waals surface area contributed by atoms with Crippen molar-refractivity contribution in [2.45, 2.75) is 64.3 Å². The van der Waals surface area contributed by atoms with Crippen LogP contribution in [0.2, 0.25) is 0 Å². The Labute approximate surface area is 178 Å². The first kappa shape index (κ1) is 26.3. The van der Waals surface area contributed by atoms with Crippen molar-refractivity contribution in [2.24, 2.45) is 5.73 Å². The van der Waals surface area contributed by atoms with Crippen molar-refractivity contribution in [2.75, 3.05) is 33.9 Å². The summed E-state index contributed by atoms with van der Waals surface area (Å²) in [6, 6.07) is 4.94. The Hall–Kier alpha value is -0.680. The van der Waals surface area contributed by atoms with E-state index in [4.69, 9.17) is 15.2 Å². The molecular weight excluding hydrogens is 383 g/mol. The molecule has 1 aliphatic carbocycles. The van der Waals surface area contributed by atoms with Gasteiger partial charge in [-0.25, -0.2) is 0 Å². The lowest BCUT2D eigenvalue weighted by Gasteiger charge is -2.36. The molecule has 2 N–H and O–H groups in total. The average molecular weight is 421 g/mol. The third kappa shape index (κ3) is 7.34. The van der Waals surface area contributed by atoms with Crippen molar-refractivity contribution in [3.05, 3.63) is 23.3 Å². The summed E-state index contributed by atoms with van der Waals surface area (Å²) in [7, 11) is 3.46. The van der Waals surface area contributed by atoms with Gasteiger partial charge in [-0.05, 0) is 69.8 Å². The fourth-order valence-electron chi connectivity index (χ4n) is 4.05. The summed E-state index contributed by atoms with van der Waals surface area (Å²) in [6.07, 6.45) is 9.64. The number of rotatable bonds is 11. The van der Waals surface area contributed by atoms with E-state index in [0.717, 1.165) is 37.3 Å². The van der Waals surface area contributed by atoms with E-state index in [1.54, 1.807) is 14.2 Å². The van der Waals surface area contributed by atoms with Crippen LogP contribution in [0.1, 0.15) is 56.6 Å². The summed E-state index contributed by atoms with van der Waals surface area (Å²) in [6.45, 7) is 5.52. The van der Waals surface area contributed by atoms with Gasteiger partial charge < -0.3 is 20.1 Å². The Balaban J connectivity index is 0.00000338. The number of nitrogens with zero attached hydrogens (tertiary/aromatic N) is 1. The van der Waals surface area contributed by atoms with Crippen molar-refractivity contribution in [3.8, 4) is 11.5 Å². The van der Waals surface area contributed by atoms with Gasteiger partial charge in [0, 0.05) is 11.6 Å². The van der Waals surface area contributed by atoms with E-state index in [-0.39, 0.29) is 24.8 Å². The van der Waals surface area contributed by atoms with Crippen molar-refractivity contribution >= 4 is 24.8 Å². The molecule has 1 atom stereocenters. The zero-order valence-electron chi connectivity index (χ0n) is 17.2. The van der Waals surface area contributed by atoms with Gasteiger partial charge in [0.15, 0.2) is 11.5 Å². The van der Waals surface area contributed by atoms with E-state index in [1.807, 2.05) is 0 Å². The molecule has 0 radical (unpaired) electrons. The SMILES string of the molecule is CCCN(CCCCCCN)[C@H]1CCc2c(ccc(OC)c2OC)C1.Cl.Cl. The van der Waals surface area contributed by atoms with Gasteiger partial charge in [0.25, 0.3) is 0 Å². The molecule has 0 saturated carbocycles. The second kappa shape index (κ2) is 14.3. The van der Waals surface area contributed by atoms with Gasteiger partial charge in [0.1, 0.15) is 0 Å². The predicted octanol–water partition coefficient (Wildman–Crippen LogP) is 4.64. The third-order valence-corrected chi connectivity index (χ3v) is 5.36. The highest BCUT2D eigenvalue weighted by atomic mass is 35.5. The maximum Gasteiger partial charge on any atom is 0.164 e. The van der Waals surface area contributed by atoms with Crippen LogP contribution in [-0.4, -0.2) is 44.8 Å². The fourth-order valence-corrected chi connectivity index (χ4v) is 4.05. The summed E-state index contributed by atoms with van der Waals surface area (Å²) < 4.78 is 11.1. The number of hydrogen-bond donors (Lipinski definition) is 1. The molecule has 0 saturated heterocycles. The maximum atomic E-state index is 5.63. The summed E-state index contributed by atoms with van der Waals surface area (Å²) in [5.74, 6) is 1.78. The van der Waals surface area contributed by atoms with Crippen molar-refractivity contribution in [1.82, 2.24) is 4.90 Å². The first-order valence-corrected chi connectivity index (χ1v) is 9.92. The second-order valence-corrected chi connectivity index (χ2v) is 7.07. The Morgan fingerprint density at radius 2 is 1.78 bits per heavy atom. The smallest absolute Gasteiger partial charge is 0.164 e. The van der Waals surface area contributed by atoms with Gasteiger partial charge in [-0.2, -0.15) is 0 Å². The second-order valence-electron chi connectivity index (χ2n) is 7.07. The third-order valence-electron chi connectivity index (χ3n) is 5.36. The lowest BCUT2D eigenvalue weighted by atomic mass is 9.86. The lowest BCUT2D eigenvalue weighted by molar-refractivity contribution is 0.175. The highest BCUT2D eigenvalue weighted by molar-refractivity contribution is 5.85. The molecule has 0 amide bonds. The summed E-state index contributed by atoms with van der Waals surface area (Å²) in [4.78, 5) is 2.71. The van der Waals surface area contributed by atoms with Crippen molar-refractivity contribution < 1.29 is 9.47 Å². The van der Waals surface area contributed by atoms with E-state index < -0.39 is 0 Å². The molecular formula is C21H38Cl2N2O2. The monoisotopic (exact) mass is 420 g/mol. The fraction of sp³-hybridized carbons (Fsp3) is 0.714. The Kier molecular flexibility index (Phi) is 14.0. The normalized spacial score (nSPS) is 15.5. The molecule has 2 rings (SSSR count). The van der Waals surface area contributed by atoms with Gasteiger partial charge in [-0.3, -0.25) is 0 Å². The van der Waals surface area contributed by atoms with Gasteiger partial charge in [-0.15, -0.1) is 24.8 Å². The topological polar surface area (TPSA) is 47.7 Å². The summed E-state index contributed by atoms with van der Waals surface area (Å²) >= 11 is 0. The van der Waals surface area contributed by atoms with Gasteiger partial charge in [0.05, 0.1) is 14.2 Å². The minimum Gasteiger partial charge on any atom is -0.493 e. The highest BCUT2D eigenvalue weighted by Gasteiger charge is 2.26. The molecule has 1 aromatic carbocycles. The number of benzene rings is 1. The number of ether oxygens (including phenoxy) is 2. The zero-order chi connectivity index (χ0) is 18.1. The molecule has 6 heteroatoms. The first-order valence-electron chi connectivity index (χ1n) is 9.92. The zero-order valence-corrected chi connectivity index (χ0v) is 18.8. The Morgan fingerprint density at radius 3 is 2.41 bits per heavy atom. The molecule has 0 unspecified atom stereocenters. The minimum absolute atomic E-state index is 0. The standard InChI is InChI=1S/C21H36N2O2.2ClH/c1-4-14-23(15-8-6-5-7-13-22)18-10-11-19-17(16-18)9-12-20(24-2)21(19)25-3;;/h9,12,18H,4-8,10-11,13-16,22H2,1-3H3;2*1H/t18-;;/m0../s1. The van der Waals surface area contributed by atoms with Crippen LogP contribution in [-0.2, 0) is 12.8 Å². The van der Waals surface area contributed by atoms with Crippen molar-refractivity contribution in [3.63, 3.8) is 0 Å². The number of hydrogen-bond acceptors (Lipinski definition) is 4. The minimum atomic E-state index is 0. The molecule has 0 spiro atoms. The molecule has 0 bridgehead atoms. The molecule has 1 aromatic rings. The van der Waals surface area contributed by atoms with E-state index in [9.17, 15) is 0 Å². The molecule has 0 aromatic heterocycles.